The summed E-state index contributed by atoms with van der Waals surface area (Å²) in [5.41, 5.74) is 0.751. The molecule has 1 aliphatic heterocycles. The largest absolute Gasteiger partial charge is 0.492 e. The van der Waals surface area contributed by atoms with Crippen LogP contribution in [0.2, 0.25) is 0 Å². The minimum absolute atomic E-state index is 0.0787. The van der Waals surface area contributed by atoms with E-state index in [2.05, 4.69) is 9.88 Å². The highest BCUT2D eigenvalue weighted by molar-refractivity contribution is 6.23. The van der Waals surface area contributed by atoms with Gasteiger partial charge in [0.1, 0.15) is 5.82 Å². The number of ketones is 2. The summed E-state index contributed by atoms with van der Waals surface area (Å²) in [4.78, 5) is 30.7. The number of carbonyl (C=O) groups excluding carboxylic acids is 2. The van der Waals surface area contributed by atoms with E-state index >= 15 is 0 Å². The number of hydrogen-bond donors (Lipinski definition) is 0. The molecule has 0 spiro atoms. The van der Waals surface area contributed by atoms with Gasteiger partial charge >= 0.3 is 0 Å². The van der Waals surface area contributed by atoms with Crippen LogP contribution in [0, 0.1) is 0 Å². The van der Waals surface area contributed by atoms with Crippen molar-refractivity contribution in [2.45, 2.75) is 19.3 Å². The maximum absolute atomic E-state index is 12.1. The molecule has 0 N–H and O–H groups in total. The van der Waals surface area contributed by atoms with E-state index in [1.807, 2.05) is 0 Å². The summed E-state index contributed by atoms with van der Waals surface area (Å²) in [5, 5.41) is 0. The Bertz CT molecular complexity index is 601. The van der Waals surface area contributed by atoms with Gasteiger partial charge in [-0.15, -0.1) is 0 Å². The quantitative estimate of drug-likeness (QED) is 0.824. The molecule has 0 saturated carbocycles. The Morgan fingerprint density at radius 1 is 1.15 bits per heavy atom. The molecule has 0 radical (unpaired) electrons. The highest BCUT2D eigenvalue weighted by atomic mass is 16.5. The van der Waals surface area contributed by atoms with Gasteiger partial charge in [0.15, 0.2) is 11.5 Å². The first-order valence-electron chi connectivity index (χ1n) is 6.80. The zero-order chi connectivity index (χ0) is 14.1. The zero-order valence-corrected chi connectivity index (χ0v) is 11.4. The van der Waals surface area contributed by atoms with Crippen molar-refractivity contribution in [1.82, 2.24) is 4.98 Å². The minimum atomic E-state index is -0.278. The van der Waals surface area contributed by atoms with Gasteiger partial charge in [-0.25, -0.2) is 4.98 Å². The molecule has 0 atom stereocenters. The first-order chi connectivity index (χ1) is 9.70. The lowest BCUT2D eigenvalue weighted by molar-refractivity contribution is 0.0916. The molecule has 5 heteroatoms. The summed E-state index contributed by atoms with van der Waals surface area (Å²) in [7, 11) is 1.39. The van der Waals surface area contributed by atoms with E-state index in [4.69, 9.17) is 4.74 Å². The SMILES string of the molecule is COC1=CC(=O)c2cc(N3CCCCC3)ncc2C1=O. The number of carbonyl (C=O) groups is 2. The summed E-state index contributed by atoms with van der Waals surface area (Å²) in [6.45, 7) is 1.90. The highest BCUT2D eigenvalue weighted by Crippen LogP contribution is 2.25. The molecule has 1 aliphatic carbocycles. The molecule has 0 unspecified atom stereocenters. The summed E-state index contributed by atoms with van der Waals surface area (Å²) < 4.78 is 4.93. The van der Waals surface area contributed by atoms with Crippen LogP contribution in [0.15, 0.2) is 24.1 Å². The molecular formula is C15H16N2O3. The van der Waals surface area contributed by atoms with Gasteiger partial charge in [0.2, 0.25) is 5.78 Å². The molecule has 20 heavy (non-hydrogen) atoms. The fraction of sp³-hybridized carbons (Fsp3) is 0.400. The third-order valence-electron chi connectivity index (χ3n) is 3.79. The Balaban J connectivity index is 1.97. The van der Waals surface area contributed by atoms with E-state index in [9.17, 15) is 9.59 Å². The lowest BCUT2D eigenvalue weighted by atomic mass is 9.95. The van der Waals surface area contributed by atoms with Gasteiger partial charge in [0, 0.05) is 30.9 Å². The van der Waals surface area contributed by atoms with Crippen LogP contribution in [0.4, 0.5) is 5.82 Å². The van der Waals surface area contributed by atoms with Crippen molar-refractivity contribution in [2.24, 2.45) is 0 Å². The predicted molar refractivity (Wildman–Crippen MR) is 74.1 cm³/mol. The van der Waals surface area contributed by atoms with Gasteiger partial charge in [-0.3, -0.25) is 9.59 Å². The van der Waals surface area contributed by atoms with E-state index in [1.165, 1.54) is 25.8 Å². The van der Waals surface area contributed by atoms with E-state index in [-0.39, 0.29) is 17.3 Å². The van der Waals surface area contributed by atoms with E-state index in [0.717, 1.165) is 31.7 Å². The highest BCUT2D eigenvalue weighted by Gasteiger charge is 2.28. The van der Waals surface area contributed by atoms with Crippen LogP contribution in [0.1, 0.15) is 40.0 Å². The maximum Gasteiger partial charge on any atom is 0.229 e. The standard InChI is InChI=1S/C15H16N2O3/c1-20-13-8-12(18)10-7-14(16-9-11(10)15(13)19)17-5-3-2-4-6-17/h7-9H,2-6H2,1H3. The van der Waals surface area contributed by atoms with Crippen LogP contribution in [0.25, 0.3) is 0 Å². The predicted octanol–water partition coefficient (Wildman–Crippen LogP) is 1.98. The molecule has 5 nitrogen and oxygen atoms in total. The van der Waals surface area contributed by atoms with Gasteiger partial charge in [0.25, 0.3) is 0 Å². The van der Waals surface area contributed by atoms with Gasteiger partial charge in [-0.05, 0) is 25.3 Å². The van der Waals surface area contributed by atoms with Crippen molar-refractivity contribution < 1.29 is 14.3 Å². The molecule has 0 aromatic carbocycles. The minimum Gasteiger partial charge on any atom is -0.492 e. The van der Waals surface area contributed by atoms with Crippen molar-refractivity contribution in [3.05, 3.63) is 35.2 Å². The molecule has 1 saturated heterocycles. The Hall–Kier alpha value is -2.17. The van der Waals surface area contributed by atoms with E-state index < -0.39 is 0 Å². The van der Waals surface area contributed by atoms with Crippen LogP contribution >= 0.6 is 0 Å². The first kappa shape index (κ1) is 12.8. The topological polar surface area (TPSA) is 59.5 Å². The van der Waals surface area contributed by atoms with Crippen molar-refractivity contribution in [3.8, 4) is 0 Å². The molecule has 0 bridgehead atoms. The number of rotatable bonds is 2. The van der Waals surface area contributed by atoms with Crippen molar-refractivity contribution in [3.63, 3.8) is 0 Å². The maximum atomic E-state index is 12.1. The number of ether oxygens (including phenoxy) is 1. The van der Waals surface area contributed by atoms with Gasteiger partial charge in [-0.1, -0.05) is 0 Å². The van der Waals surface area contributed by atoms with E-state index in [0.29, 0.717) is 11.1 Å². The molecule has 2 heterocycles. The number of Topliss-reactive ketones (excluding diaryl/α,β-unsaturated/α-hetero) is 1. The summed E-state index contributed by atoms with van der Waals surface area (Å²) in [6, 6.07) is 1.73. The molecular weight excluding hydrogens is 256 g/mol. The number of fused-ring (bicyclic) bond motifs is 1. The number of aromatic nitrogens is 1. The van der Waals surface area contributed by atoms with Crippen LogP contribution < -0.4 is 4.90 Å². The van der Waals surface area contributed by atoms with Crippen molar-refractivity contribution in [1.29, 1.82) is 0 Å². The number of pyridine rings is 1. The molecule has 1 aromatic heterocycles. The number of nitrogens with zero attached hydrogens (tertiary/aromatic N) is 2. The van der Waals surface area contributed by atoms with Gasteiger partial charge in [0.05, 0.1) is 12.7 Å². The second kappa shape index (κ2) is 5.07. The third kappa shape index (κ3) is 2.09. The molecule has 0 amide bonds. The lowest BCUT2D eigenvalue weighted by Crippen LogP contribution is -2.31. The monoisotopic (exact) mass is 272 g/mol. The molecule has 1 fully saturated rings. The molecule has 104 valence electrons. The zero-order valence-electron chi connectivity index (χ0n) is 11.4. The van der Waals surface area contributed by atoms with E-state index in [1.54, 1.807) is 6.07 Å². The fourth-order valence-corrected chi connectivity index (χ4v) is 2.67. The molecule has 3 rings (SSSR count). The molecule has 1 aromatic rings. The summed E-state index contributed by atoms with van der Waals surface area (Å²) in [5.74, 6) is 0.380. The average Bonchev–Trinajstić information content (AvgIpc) is 2.51. The average molecular weight is 272 g/mol. The number of anilines is 1. The molecule has 2 aliphatic rings. The Labute approximate surface area is 117 Å². The van der Waals surface area contributed by atoms with Crippen molar-refractivity contribution in [2.75, 3.05) is 25.1 Å². The Kier molecular flexibility index (Phi) is 3.26. The number of hydrogen-bond acceptors (Lipinski definition) is 5. The summed E-state index contributed by atoms with van der Waals surface area (Å²) >= 11 is 0. The first-order valence-corrected chi connectivity index (χ1v) is 6.80. The summed E-state index contributed by atoms with van der Waals surface area (Å²) in [6.07, 6.45) is 6.26. The van der Waals surface area contributed by atoms with Gasteiger partial charge < -0.3 is 9.64 Å². The number of piperidine rings is 1. The number of allylic oxidation sites excluding steroid dienone is 2. The second-order valence-electron chi connectivity index (χ2n) is 5.04. The van der Waals surface area contributed by atoms with Gasteiger partial charge in [-0.2, -0.15) is 0 Å². The lowest BCUT2D eigenvalue weighted by Gasteiger charge is -2.28. The second-order valence-corrected chi connectivity index (χ2v) is 5.04. The fourth-order valence-electron chi connectivity index (χ4n) is 2.67. The van der Waals surface area contributed by atoms with Crippen molar-refractivity contribution >= 4 is 17.4 Å². The smallest absolute Gasteiger partial charge is 0.229 e. The van der Waals surface area contributed by atoms with Crippen LogP contribution in [0.3, 0.4) is 0 Å². The normalized spacial score (nSPS) is 18.6. The Morgan fingerprint density at radius 3 is 2.60 bits per heavy atom. The Morgan fingerprint density at radius 2 is 1.90 bits per heavy atom. The third-order valence-corrected chi connectivity index (χ3v) is 3.79. The number of methoxy groups -OCH3 is 1. The van der Waals surface area contributed by atoms with Crippen LogP contribution in [0.5, 0.6) is 0 Å². The van der Waals surface area contributed by atoms with Crippen LogP contribution in [-0.2, 0) is 4.74 Å². The van der Waals surface area contributed by atoms with Crippen LogP contribution in [-0.4, -0.2) is 36.7 Å².